The highest BCUT2D eigenvalue weighted by molar-refractivity contribution is 5.35. The van der Waals surface area contributed by atoms with Crippen molar-refractivity contribution in [1.29, 1.82) is 0 Å². The summed E-state index contributed by atoms with van der Waals surface area (Å²) in [7, 11) is 0. The Morgan fingerprint density at radius 1 is 1.38 bits per heavy atom. The molecule has 5 nitrogen and oxygen atoms in total. The van der Waals surface area contributed by atoms with E-state index in [-0.39, 0.29) is 12.4 Å². The smallest absolute Gasteiger partial charge is 0.226 e. The van der Waals surface area contributed by atoms with E-state index < -0.39 is 5.82 Å². The molecule has 0 bridgehead atoms. The van der Waals surface area contributed by atoms with Crippen LogP contribution in [0.15, 0.2) is 22.7 Å². The fourth-order valence-electron chi connectivity index (χ4n) is 1.80. The van der Waals surface area contributed by atoms with Gasteiger partial charge in [-0.05, 0) is 6.07 Å². The molecule has 1 heterocycles. The predicted molar refractivity (Wildman–Crippen MR) is 76.4 cm³/mol. The number of rotatable bonds is 7. The molecule has 0 aliphatic rings. The van der Waals surface area contributed by atoms with Crippen LogP contribution in [0.3, 0.4) is 0 Å². The van der Waals surface area contributed by atoms with Gasteiger partial charge in [-0.2, -0.15) is 4.98 Å². The summed E-state index contributed by atoms with van der Waals surface area (Å²) >= 11 is 0. The molecular formula is C15H20FN3O2. The third-order valence-corrected chi connectivity index (χ3v) is 2.91. The second-order valence-electron chi connectivity index (χ2n) is 5.01. The van der Waals surface area contributed by atoms with Crippen molar-refractivity contribution in [2.24, 2.45) is 0 Å². The number of halogens is 1. The fourth-order valence-corrected chi connectivity index (χ4v) is 1.80. The van der Waals surface area contributed by atoms with Crippen LogP contribution in [0, 0.1) is 5.82 Å². The van der Waals surface area contributed by atoms with E-state index in [1.807, 2.05) is 26.8 Å². The number of hydrogen-bond donors (Lipinski definition) is 1. The van der Waals surface area contributed by atoms with Crippen LogP contribution in [0.2, 0.25) is 0 Å². The van der Waals surface area contributed by atoms with Crippen molar-refractivity contribution >= 4 is 0 Å². The van der Waals surface area contributed by atoms with Gasteiger partial charge < -0.3 is 14.6 Å². The SMILES string of the molecule is CCc1nc(COc2c(F)cccc2CNC(C)C)no1. The highest BCUT2D eigenvalue weighted by atomic mass is 19.1. The minimum absolute atomic E-state index is 0.0825. The molecule has 0 spiro atoms. The van der Waals surface area contributed by atoms with Crippen LogP contribution < -0.4 is 10.1 Å². The van der Waals surface area contributed by atoms with Gasteiger partial charge in [0.15, 0.2) is 18.2 Å². The molecule has 1 aromatic carbocycles. The second-order valence-corrected chi connectivity index (χ2v) is 5.01. The number of para-hydroxylation sites is 1. The number of hydrogen-bond acceptors (Lipinski definition) is 5. The maximum Gasteiger partial charge on any atom is 0.226 e. The van der Waals surface area contributed by atoms with Crippen LogP contribution in [0.1, 0.15) is 38.0 Å². The Labute approximate surface area is 123 Å². The van der Waals surface area contributed by atoms with E-state index in [0.29, 0.717) is 30.7 Å². The van der Waals surface area contributed by atoms with Crippen molar-refractivity contribution in [3.8, 4) is 5.75 Å². The van der Waals surface area contributed by atoms with Crippen LogP contribution >= 0.6 is 0 Å². The molecule has 0 unspecified atom stereocenters. The third kappa shape index (κ3) is 4.26. The first-order chi connectivity index (χ1) is 10.1. The van der Waals surface area contributed by atoms with Gasteiger partial charge in [0.25, 0.3) is 0 Å². The Hall–Kier alpha value is -1.95. The van der Waals surface area contributed by atoms with E-state index >= 15 is 0 Å². The molecule has 1 aromatic heterocycles. The summed E-state index contributed by atoms with van der Waals surface area (Å²) in [5, 5.41) is 7.03. The lowest BCUT2D eigenvalue weighted by molar-refractivity contribution is 0.269. The summed E-state index contributed by atoms with van der Waals surface area (Å²) in [5.74, 6) is 0.799. The topological polar surface area (TPSA) is 60.2 Å². The van der Waals surface area contributed by atoms with Gasteiger partial charge in [-0.15, -0.1) is 0 Å². The molecule has 0 aliphatic carbocycles. The van der Waals surface area contributed by atoms with Crippen LogP contribution in [-0.4, -0.2) is 16.2 Å². The Morgan fingerprint density at radius 2 is 2.19 bits per heavy atom. The molecule has 21 heavy (non-hydrogen) atoms. The quantitative estimate of drug-likeness (QED) is 0.850. The Bertz CT molecular complexity index is 584. The number of aromatic nitrogens is 2. The van der Waals surface area contributed by atoms with E-state index in [9.17, 15) is 4.39 Å². The third-order valence-electron chi connectivity index (χ3n) is 2.91. The molecule has 0 saturated carbocycles. The second kappa shape index (κ2) is 7.17. The number of aryl methyl sites for hydroxylation is 1. The lowest BCUT2D eigenvalue weighted by Gasteiger charge is -2.13. The van der Waals surface area contributed by atoms with Crippen LogP contribution in [-0.2, 0) is 19.6 Å². The van der Waals surface area contributed by atoms with Crippen molar-refractivity contribution in [2.45, 2.75) is 46.4 Å². The number of nitrogens with one attached hydrogen (secondary N) is 1. The summed E-state index contributed by atoms with van der Waals surface area (Å²) in [4.78, 5) is 4.14. The fraction of sp³-hybridized carbons (Fsp3) is 0.467. The highest BCUT2D eigenvalue weighted by Crippen LogP contribution is 2.23. The van der Waals surface area contributed by atoms with Crippen molar-refractivity contribution in [1.82, 2.24) is 15.5 Å². The van der Waals surface area contributed by atoms with Crippen molar-refractivity contribution in [3.63, 3.8) is 0 Å². The van der Waals surface area contributed by atoms with Crippen molar-refractivity contribution in [2.75, 3.05) is 0 Å². The average molecular weight is 293 g/mol. The van der Waals surface area contributed by atoms with Gasteiger partial charge in [0.1, 0.15) is 0 Å². The minimum atomic E-state index is -0.391. The predicted octanol–water partition coefficient (Wildman–Crippen LogP) is 2.85. The Morgan fingerprint density at radius 3 is 2.86 bits per heavy atom. The standard InChI is InChI=1S/C15H20FN3O2/c1-4-14-18-13(19-21-14)9-20-15-11(8-17-10(2)3)6-5-7-12(15)16/h5-7,10,17H,4,8-9H2,1-3H3. The van der Waals surface area contributed by atoms with Crippen LogP contribution in [0.25, 0.3) is 0 Å². The molecule has 0 atom stereocenters. The molecule has 0 fully saturated rings. The zero-order chi connectivity index (χ0) is 15.2. The maximum atomic E-state index is 13.9. The highest BCUT2D eigenvalue weighted by Gasteiger charge is 2.12. The van der Waals surface area contributed by atoms with Crippen LogP contribution in [0.5, 0.6) is 5.75 Å². The molecule has 0 amide bonds. The average Bonchev–Trinajstić information content (AvgIpc) is 2.92. The van der Waals surface area contributed by atoms with Gasteiger partial charge in [-0.1, -0.05) is 38.1 Å². The first-order valence-corrected chi connectivity index (χ1v) is 7.05. The molecule has 6 heteroatoms. The van der Waals surface area contributed by atoms with Gasteiger partial charge >= 0.3 is 0 Å². The van der Waals surface area contributed by atoms with E-state index in [2.05, 4.69) is 15.5 Å². The molecule has 0 radical (unpaired) electrons. The summed E-state index contributed by atoms with van der Waals surface area (Å²) in [6.45, 7) is 6.61. The van der Waals surface area contributed by atoms with Crippen LogP contribution in [0.4, 0.5) is 4.39 Å². The maximum absolute atomic E-state index is 13.9. The molecule has 114 valence electrons. The Kier molecular flexibility index (Phi) is 5.27. The van der Waals surface area contributed by atoms with Gasteiger partial charge in [0, 0.05) is 24.6 Å². The summed E-state index contributed by atoms with van der Waals surface area (Å²) in [5.41, 5.74) is 0.767. The zero-order valence-corrected chi connectivity index (χ0v) is 12.5. The van der Waals surface area contributed by atoms with Gasteiger partial charge in [0.2, 0.25) is 11.7 Å². The summed E-state index contributed by atoms with van der Waals surface area (Å²) in [6, 6.07) is 5.19. The number of benzene rings is 1. The molecule has 0 aliphatic heterocycles. The Balaban J connectivity index is 2.07. The van der Waals surface area contributed by atoms with Crippen molar-refractivity contribution < 1.29 is 13.7 Å². The largest absolute Gasteiger partial charge is 0.482 e. The molecule has 0 saturated heterocycles. The number of nitrogens with zero attached hydrogens (tertiary/aromatic N) is 2. The minimum Gasteiger partial charge on any atom is -0.482 e. The first kappa shape index (κ1) is 15.4. The van der Waals surface area contributed by atoms with E-state index in [0.717, 1.165) is 5.56 Å². The van der Waals surface area contributed by atoms with Crippen molar-refractivity contribution in [3.05, 3.63) is 41.3 Å². The van der Waals surface area contributed by atoms with E-state index in [4.69, 9.17) is 9.26 Å². The molecule has 2 aromatic rings. The van der Waals surface area contributed by atoms with E-state index in [1.54, 1.807) is 6.07 Å². The monoisotopic (exact) mass is 293 g/mol. The zero-order valence-electron chi connectivity index (χ0n) is 12.5. The molecule has 1 N–H and O–H groups in total. The normalized spacial score (nSPS) is 11.1. The lowest BCUT2D eigenvalue weighted by Crippen LogP contribution is -2.22. The molecule has 2 rings (SSSR count). The number of ether oxygens (including phenoxy) is 1. The summed E-state index contributed by atoms with van der Waals surface area (Å²) in [6.07, 6.45) is 0.663. The van der Waals surface area contributed by atoms with Gasteiger partial charge in [0.05, 0.1) is 0 Å². The summed E-state index contributed by atoms with van der Waals surface area (Å²) < 4.78 is 24.5. The van der Waals surface area contributed by atoms with Gasteiger partial charge in [-0.3, -0.25) is 0 Å². The lowest BCUT2D eigenvalue weighted by atomic mass is 10.2. The molecular weight excluding hydrogens is 273 g/mol. The first-order valence-electron chi connectivity index (χ1n) is 7.05. The van der Waals surface area contributed by atoms with Gasteiger partial charge in [-0.25, -0.2) is 4.39 Å². The van der Waals surface area contributed by atoms with E-state index in [1.165, 1.54) is 6.07 Å².